The van der Waals surface area contributed by atoms with Gasteiger partial charge in [-0.2, -0.15) is 0 Å². The van der Waals surface area contributed by atoms with Gasteiger partial charge >= 0.3 is 5.97 Å². The molecule has 2 unspecified atom stereocenters. The number of anilines is 1. The van der Waals surface area contributed by atoms with Crippen LogP contribution >= 0.6 is 0 Å². The van der Waals surface area contributed by atoms with Crippen molar-refractivity contribution >= 4 is 29.4 Å². The molecule has 38 heavy (non-hydrogen) atoms. The molecule has 0 aromatic heterocycles. The van der Waals surface area contributed by atoms with Crippen molar-refractivity contribution in [2.75, 3.05) is 12.3 Å². The molecule has 3 amide bonds. The van der Waals surface area contributed by atoms with Crippen molar-refractivity contribution in [3.63, 3.8) is 0 Å². The molecular weight excluding hydrogens is 484 g/mol. The van der Waals surface area contributed by atoms with E-state index in [1.54, 1.807) is 26.8 Å². The van der Waals surface area contributed by atoms with Gasteiger partial charge in [0.15, 0.2) is 0 Å². The summed E-state index contributed by atoms with van der Waals surface area (Å²) >= 11 is 0. The molecule has 0 saturated heterocycles. The molecule has 0 radical (unpaired) electrons. The Labute approximate surface area is 224 Å². The molecule has 2 atom stereocenters. The van der Waals surface area contributed by atoms with Gasteiger partial charge in [0.2, 0.25) is 5.91 Å². The number of nitrogens with zero attached hydrogens (tertiary/aromatic N) is 1. The molecule has 0 saturated carbocycles. The predicted octanol–water partition coefficient (Wildman–Crippen LogP) is 3.29. The zero-order valence-corrected chi connectivity index (χ0v) is 22.7. The van der Waals surface area contributed by atoms with Crippen molar-refractivity contribution in [2.45, 2.75) is 71.7 Å². The van der Waals surface area contributed by atoms with E-state index < -0.39 is 35.5 Å². The van der Waals surface area contributed by atoms with Gasteiger partial charge in [-0.05, 0) is 63.3 Å². The van der Waals surface area contributed by atoms with Crippen molar-refractivity contribution < 1.29 is 23.9 Å². The van der Waals surface area contributed by atoms with Crippen LogP contribution in [0, 0.1) is 5.92 Å². The van der Waals surface area contributed by atoms with Gasteiger partial charge in [-0.25, -0.2) is 0 Å². The van der Waals surface area contributed by atoms with E-state index in [2.05, 4.69) is 10.6 Å². The first-order chi connectivity index (χ1) is 17.9. The normalized spacial score (nSPS) is 14.8. The zero-order valence-electron chi connectivity index (χ0n) is 22.7. The lowest BCUT2D eigenvalue weighted by Gasteiger charge is -2.29. The number of benzene rings is 2. The molecule has 9 heteroatoms. The molecule has 0 fully saturated rings. The smallest absolute Gasteiger partial charge is 0.323 e. The van der Waals surface area contributed by atoms with Crippen LogP contribution in [0.5, 0.6) is 0 Å². The van der Waals surface area contributed by atoms with E-state index in [-0.39, 0.29) is 35.9 Å². The summed E-state index contributed by atoms with van der Waals surface area (Å²) in [5.74, 6) is -1.53. The molecule has 0 bridgehead atoms. The molecule has 9 nitrogen and oxygen atoms in total. The van der Waals surface area contributed by atoms with E-state index in [4.69, 9.17) is 10.5 Å². The number of nitrogens with one attached hydrogen (secondary N) is 2. The minimum atomic E-state index is -0.921. The molecule has 1 aliphatic heterocycles. The van der Waals surface area contributed by atoms with Gasteiger partial charge in [0.25, 0.3) is 11.8 Å². The summed E-state index contributed by atoms with van der Waals surface area (Å²) in [5, 5.41) is 6.11. The maximum absolute atomic E-state index is 13.2. The SMILES string of the molecule is CC(C)CC(NC(CCN1C(=O)c2ccc(N)cc2C1=O)C(=O)OC(C)(C)C)C(=O)NCc1ccccc1. The van der Waals surface area contributed by atoms with Gasteiger partial charge in [-0.15, -0.1) is 0 Å². The second-order valence-corrected chi connectivity index (χ2v) is 11.0. The molecule has 3 rings (SSSR count). The lowest BCUT2D eigenvalue weighted by molar-refractivity contribution is -0.158. The molecule has 4 N–H and O–H groups in total. The highest BCUT2D eigenvalue weighted by atomic mass is 16.6. The summed E-state index contributed by atoms with van der Waals surface area (Å²) < 4.78 is 5.62. The van der Waals surface area contributed by atoms with Crippen LogP contribution in [0.4, 0.5) is 5.69 Å². The second kappa shape index (κ2) is 12.2. The van der Waals surface area contributed by atoms with Crippen molar-refractivity contribution in [1.82, 2.24) is 15.5 Å². The fourth-order valence-corrected chi connectivity index (χ4v) is 4.29. The number of rotatable bonds is 11. The summed E-state index contributed by atoms with van der Waals surface area (Å²) in [7, 11) is 0. The number of carbonyl (C=O) groups excluding carboxylic acids is 4. The third kappa shape index (κ3) is 7.64. The fourth-order valence-electron chi connectivity index (χ4n) is 4.29. The molecule has 1 aliphatic rings. The monoisotopic (exact) mass is 522 g/mol. The fraction of sp³-hybridized carbons (Fsp3) is 0.448. The quantitative estimate of drug-likeness (QED) is 0.234. The number of nitrogens with two attached hydrogens (primary N) is 1. The Bertz CT molecular complexity index is 1170. The highest BCUT2D eigenvalue weighted by Crippen LogP contribution is 2.25. The molecule has 0 spiro atoms. The lowest BCUT2D eigenvalue weighted by atomic mass is 10.0. The second-order valence-electron chi connectivity index (χ2n) is 11.0. The maximum Gasteiger partial charge on any atom is 0.323 e. The minimum Gasteiger partial charge on any atom is -0.459 e. The molecule has 1 heterocycles. The van der Waals surface area contributed by atoms with Crippen LogP contribution in [0.15, 0.2) is 48.5 Å². The van der Waals surface area contributed by atoms with E-state index in [0.29, 0.717) is 18.7 Å². The number of nitrogen functional groups attached to an aromatic ring is 1. The Kier molecular flexibility index (Phi) is 9.27. The third-order valence-corrected chi connectivity index (χ3v) is 6.06. The number of fused-ring (bicyclic) bond motifs is 1. The average molecular weight is 523 g/mol. The van der Waals surface area contributed by atoms with Gasteiger partial charge in [-0.1, -0.05) is 44.2 Å². The number of esters is 1. The topological polar surface area (TPSA) is 131 Å². The maximum atomic E-state index is 13.2. The van der Waals surface area contributed by atoms with Gasteiger partial charge in [-0.3, -0.25) is 29.4 Å². The average Bonchev–Trinajstić information content (AvgIpc) is 3.07. The number of amides is 3. The molecule has 0 aliphatic carbocycles. The van der Waals surface area contributed by atoms with Gasteiger partial charge in [0, 0.05) is 18.8 Å². The predicted molar refractivity (Wildman–Crippen MR) is 145 cm³/mol. The van der Waals surface area contributed by atoms with E-state index in [1.807, 2.05) is 44.2 Å². The standard InChI is InChI=1S/C29H38N4O5/c1-18(2)15-24(25(34)31-17-19-9-7-6-8-10-19)32-23(28(37)38-29(3,4)5)13-14-33-26(35)21-12-11-20(30)16-22(21)27(33)36/h6-12,16,18,23-24,32H,13-15,17,30H2,1-5H3,(H,31,34). The number of hydrogen-bond donors (Lipinski definition) is 3. The van der Waals surface area contributed by atoms with Crippen LogP contribution < -0.4 is 16.4 Å². The lowest BCUT2D eigenvalue weighted by Crippen LogP contribution is -2.53. The van der Waals surface area contributed by atoms with Crippen LogP contribution in [0.3, 0.4) is 0 Å². The summed E-state index contributed by atoms with van der Waals surface area (Å²) in [5.41, 5.74) is 6.91. The number of hydrogen-bond acceptors (Lipinski definition) is 7. The first-order valence-corrected chi connectivity index (χ1v) is 12.9. The van der Waals surface area contributed by atoms with Crippen LogP contribution in [0.1, 0.15) is 73.7 Å². The number of carbonyl (C=O) groups is 4. The van der Waals surface area contributed by atoms with Crippen LogP contribution in [0.25, 0.3) is 0 Å². The van der Waals surface area contributed by atoms with Gasteiger partial charge < -0.3 is 15.8 Å². The van der Waals surface area contributed by atoms with Crippen LogP contribution in [-0.2, 0) is 20.9 Å². The van der Waals surface area contributed by atoms with Crippen molar-refractivity contribution in [3.05, 3.63) is 65.2 Å². The first kappa shape index (κ1) is 28.8. The molecule has 204 valence electrons. The molecule has 2 aromatic rings. The van der Waals surface area contributed by atoms with Gasteiger partial charge in [0.05, 0.1) is 17.2 Å². The Hall–Kier alpha value is -3.72. The Morgan fingerprint density at radius 3 is 2.26 bits per heavy atom. The van der Waals surface area contributed by atoms with Crippen molar-refractivity contribution in [1.29, 1.82) is 0 Å². The first-order valence-electron chi connectivity index (χ1n) is 12.9. The highest BCUT2D eigenvalue weighted by molar-refractivity contribution is 6.21. The van der Waals surface area contributed by atoms with Crippen LogP contribution in [-0.4, -0.2) is 52.8 Å². The van der Waals surface area contributed by atoms with Crippen molar-refractivity contribution in [3.8, 4) is 0 Å². The van der Waals surface area contributed by atoms with E-state index in [9.17, 15) is 19.2 Å². The Balaban J connectivity index is 1.76. The summed E-state index contributed by atoms with van der Waals surface area (Å²) in [6.45, 7) is 9.59. The van der Waals surface area contributed by atoms with E-state index in [0.717, 1.165) is 10.5 Å². The van der Waals surface area contributed by atoms with E-state index >= 15 is 0 Å². The highest BCUT2D eigenvalue weighted by Gasteiger charge is 2.37. The Morgan fingerprint density at radius 1 is 0.974 bits per heavy atom. The molecular formula is C29H38N4O5. The summed E-state index contributed by atoms with van der Waals surface area (Å²) in [6, 6.07) is 12.5. The largest absolute Gasteiger partial charge is 0.459 e. The third-order valence-electron chi connectivity index (χ3n) is 6.06. The number of ether oxygens (including phenoxy) is 1. The summed E-state index contributed by atoms with van der Waals surface area (Å²) in [6.07, 6.45) is 0.558. The zero-order chi connectivity index (χ0) is 28.0. The number of imide groups is 1. The van der Waals surface area contributed by atoms with Crippen LogP contribution in [0.2, 0.25) is 0 Å². The van der Waals surface area contributed by atoms with Crippen molar-refractivity contribution in [2.24, 2.45) is 5.92 Å². The molecule has 2 aromatic carbocycles. The summed E-state index contributed by atoms with van der Waals surface area (Å²) in [4.78, 5) is 53.3. The Morgan fingerprint density at radius 2 is 1.63 bits per heavy atom. The van der Waals surface area contributed by atoms with E-state index in [1.165, 1.54) is 12.1 Å². The minimum absolute atomic E-state index is 0.0246. The van der Waals surface area contributed by atoms with Gasteiger partial charge in [0.1, 0.15) is 11.6 Å².